The topological polar surface area (TPSA) is 59.8 Å². The Bertz CT molecular complexity index is 842. The number of amides is 1. The van der Waals surface area contributed by atoms with E-state index in [1.54, 1.807) is 36.3 Å². The van der Waals surface area contributed by atoms with Gasteiger partial charge in [-0.15, -0.1) is 11.3 Å². The fourth-order valence-electron chi connectivity index (χ4n) is 2.64. The highest BCUT2D eigenvalue weighted by Gasteiger charge is 2.37. The van der Waals surface area contributed by atoms with Crippen LogP contribution in [0.5, 0.6) is 0 Å². The number of allylic oxidation sites excluding steroid dienone is 1. The first-order valence-electron chi connectivity index (χ1n) is 7.42. The highest BCUT2D eigenvalue weighted by Crippen LogP contribution is 2.34. The van der Waals surface area contributed by atoms with E-state index < -0.39 is 5.97 Å². The van der Waals surface area contributed by atoms with Gasteiger partial charge < -0.3 is 14.1 Å². The molecule has 0 fully saturated rings. The summed E-state index contributed by atoms with van der Waals surface area (Å²) >= 11 is 1.53. The van der Waals surface area contributed by atoms with Crippen LogP contribution in [0.25, 0.3) is 6.08 Å². The summed E-state index contributed by atoms with van der Waals surface area (Å²) in [6.07, 6.45) is 3.32. The Balaban J connectivity index is 2.04. The highest BCUT2D eigenvalue weighted by atomic mass is 32.1. The monoisotopic (exact) mass is 343 g/mol. The fourth-order valence-corrected chi connectivity index (χ4v) is 3.50. The molecule has 0 spiro atoms. The Kier molecular flexibility index (Phi) is 4.40. The molecule has 0 saturated carbocycles. The molecule has 24 heavy (non-hydrogen) atoms. The molecule has 0 atom stereocenters. The lowest BCUT2D eigenvalue weighted by atomic mass is 10.1. The minimum Gasteiger partial charge on any atom is -0.467 e. The average molecular weight is 343 g/mol. The predicted molar refractivity (Wildman–Crippen MR) is 91.0 cm³/mol. The van der Waals surface area contributed by atoms with E-state index in [1.807, 2.05) is 18.4 Å². The fraction of sp³-hybridized carbons (Fsp3) is 0.222. The van der Waals surface area contributed by atoms with Crippen molar-refractivity contribution in [2.24, 2.45) is 0 Å². The molecule has 1 aliphatic heterocycles. The lowest BCUT2D eigenvalue weighted by Crippen LogP contribution is -2.24. The van der Waals surface area contributed by atoms with E-state index in [0.29, 0.717) is 22.6 Å². The quantitative estimate of drug-likeness (QED) is 0.629. The van der Waals surface area contributed by atoms with Crippen molar-refractivity contribution in [1.82, 2.24) is 4.90 Å². The summed E-state index contributed by atoms with van der Waals surface area (Å²) in [5.74, 6) is -0.0826. The highest BCUT2D eigenvalue weighted by molar-refractivity contribution is 7.11. The van der Waals surface area contributed by atoms with E-state index in [9.17, 15) is 9.59 Å². The van der Waals surface area contributed by atoms with Crippen LogP contribution < -0.4 is 0 Å². The van der Waals surface area contributed by atoms with Gasteiger partial charge in [0, 0.05) is 10.6 Å². The standard InChI is InChI=1S/C18H17NO4S/c1-11-6-8-24-15(11)9-14-16(18(21)22-3)12(2)19(17(14)20)10-13-5-4-7-23-13/h4-9H,10H2,1-3H3/b14-9-. The Hall–Kier alpha value is -2.60. The van der Waals surface area contributed by atoms with Crippen LogP contribution in [-0.2, 0) is 20.9 Å². The molecule has 1 aliphatic rings. The van der Waals surface area contributed by atoms with Crippen molar-refractivity contribution in [3.63, 3.8) is 0 Å². The summed E-state index contributed by atoms with van der Waals surface area (Å²) < 4.78 is 10.2. The van der Waals surface area contributed by atoms with Gasteiger partial charge in [0.15, 0.2) is 0 Å². The first-order chi connectivity index (χ1) is 11.5. The largest absolute Gasteiger partial charge is 0.467 e. The van der Waals surface area contributed by atoms with Crippen LogP contribution in [0.2, 0.25) is 0 Å². The summed E-state index contributed by atoms with van der Waals surface area (Å²) in [5.41, 5.74) is 2.30. The predicted octanol–water partition coefficient (Wildman–Crippen LogP) is 3.52. The van der Waals surface area contributed by atoms with Gasteiger partial charge in [0.2, 0.25) is 0 Å². The summed E-state index contributed by atoms with van der Waals surface area (Å²) in [6, 6.07) is 5.54. The number of aryl methyl sites for hydroxylation is 1. The molecule has 2 aromatic heterocycles. The molecule has 0 bridgehead atoms. The van der Waals surface area contributed by atoms with E-state index >= 15 is 0 Å². The Labute approximate surface area is 143 Å². The molecule has 3 rings (SSSR count). The number of carbonyl (C=O) groups excluding carboxylic acids is 2. The number of thiophene rings is 1. The Morgan fingerprint density at radius 2 is 2.17 bits per heavy atom. The van der Waals surface area contributed by atoms with Gasteiger partial charge in [-0.1, -0.05) is 0 Å². The maximum Gasteiger partial charge on any atom is 0.340 e. The molecule has 3 heterocycles. The Morgan fingerprint density at radius 3 is 2.75 bits per heavy atom. The molecule has 124 valence electrons. The molecule has 0 aromatic carbocycles. The van der Waals surface area contributed by atoms with Crippen LogP contribution in [0.15, 0.2) is 51.1 Å². The second kappa shape index (κ2) is 6.49. The second-order valence-corrected chi connectivity index (χ2v) is 6.40. The first kappa shape index (κ1) is 16.3. The molecule has 5 nitrogen and oxygen atoms in total. The molecule has 6 heteroatoms. The van der Waals surface area contributed by atoms with Crippen molar-refractivity contribution < 1.29 is 18.7 Å². The van der Waals surface area contributed by atoms with Crippen LogP contribution in [0.4, 0.5) is 0 Å². The van der Waals surface area contributed by atoms with Crippen molar-refractivity contribution >= 4 is 29.3 Å². The number of hydrogen-bond donors (Lipinski definition) is 0. The van der Waals surface area contributed by atoms with Crippen LogP contribution in [0.3, 0.4) is 0 Å². The van der Waals surface area contributed by atoms with Gasteiger partial charge in [-0.05, 0) is 49.1 Å². The number of rotatable bonds is 4. The zero-order valence-electron chi connectivity index (χ0n) is 13.7. The zero-order valence-corrected chi connectivity index (χ0v) is 14.5. The number of hydrogen-bond acceptors (Lipinski definition) is 5. The smallest absolute Gasteiger partial charge is 0.340 e. The van der Waals surface area contributed by atoms with Crippen molar-refractivity contribution in [1.29, 1.82) is 0 Å². The molecular weight excluding hydrogens is 326 g/mol. The van der Waals surface area contributed by atoms with Gasteiger partial charge >= 0.3 is 5.97 Å². The van der Waals surface area contributed by atoms with Gasteiger partial charge in [-0.2, -0.15) is 0 Å². The van der Waals surface area contributed by atoms with Gasteiger partial charge in [0.1, 0.15) is 5.76 Å². The van der Waals surface area contributed by atoms with Gasteiger partial charge in [0.05, 0.1) is 31.1 Å². The molecule has 0 unspecified atom stereocenters. The van der Waals surface area contributed by atoms with E-state index in [-0.39, 0.29) is 12.5 Å². The number of nitrogens with zero attached hydrogens (tertiary/aromatic N) is 1. The van der Waals surface area contributed by atoms with Gasteiger partial charge in [-0.25, -0.2) is 4.79 Å². The third-order valence-corrected chi connectivity index (χ3v) is 4.94. The van der Waals surface area contributed by atoms with Crippen LogP contribution in [0, 0.1) is 6.92 Å². The number of methoxy groups -OCH3 is 1. The maximum absolute atomic E-state index is 12.9. The second-order valence-electron chi connectivity index (χ2n) is 5.45. The van der Waals surface area contributed by atoms with Crippen LogP contribution in [0.1, 0.15) is 23.1 Å². The number of esters is 1. The molecular formula is C18H17NO4S. The number of carbonyl (C=O) groups is 2. The number of furan rings is 1. The van der Waals surface area contributed by atoms with Crippen LogP contribution >= 0.6 is 11.3 Å². The molecule has 0 N–H and O–H groups in total. The molecule has 0 aliphatic carbocycles. The summed E-state index contributed by atoms with van der Waals surface area (Å²) in [5, 5.41) is 1.95. The third kappa shape index (κ3) is 2.80. The van der Waals surface area contributed by atoms with Gasteiger partial charge in [-0.3, -0.25) is 4.79 Å². The van der Waals surface area contributed by atoms with Crippen LogP contribution in [-0.4, -0.2) is 23.9 Å². The number of ether oxygens (including phenoxy) is 1. The lowest BCUT2D eigenvalue weighted by molar-refractivity contribution is -0.136. The van der Waals surface area contributed by atoms with E-state index in [0.717, 1.165) is 10.4 Å². The SMILES string of the molecule is COC(=O)C1=C(C)N(Cc2ccco2)C(=O)/C1=C\c1sccc1C. The minimum atomic E-state index is -0.511. The Morgan fingerprint density at radius 1 is 1.38 bits per heavy atom. The third-order valence-electron chi connectivity index (χ3n) is 3.97. The van der Waals surface area contributed by atoms with E-state index in [4.69, 9.17) is 9.15 Å². The molecule has 0 radical (unpaired) electrons. The van der Waals surface area contributed by atoms with Crippen molar-refractivity contribution in [3.05, 3.63) is 62.9 Å². The zero-order chi connectivity index (χ0) is 17.3. The lowest BCUT2D eigenvalue weighted by Gasteiger charge is -2.16. The van der Waals surface area contributed by atoms with Crippen molar-refractivity contribution in [3.8, 4) is 0 Å². The maximum atomic E-state index is 12.9. The summed E-state index contributed by atoms with van der Waals surface area (Å²) in [7, 11) is 1.32. The first-order valence-corrected chi connectivity index (χ1v) is 8.30. The molecule has 2 aromatic rings. The van der Waals surface area contributed by atoms with Crippen molar-refractivity contribution in [2.75, 3.05) is 7.11 Å². The average Bonchev–Trinajstić information content (AvgIpc) is 3.26. The van der Waals surface area contributed by atoms with E-state index in [1.165, 1.54) is 18.4 Å². The minimum absolute atomic E-state index is 0.225. The molecule has 0 saturated heterocycles. The van der Waals surface area contributed by atoms with E-state index in [2.05, 4.69) is 0 Å². The normalized spacial score (nSPS) is 16.4. The van der Waals surface area contributed by atoms with Crippen molar-refractivity contribution in [2.45, 2.75) is 20.4 Å². The summed E-state index contributed by atoms with van der Waals surface area (Å²) in [6.45, 7) is 3.99. The van der Waals surface area contributed by atoms with Gasteiger partial charge in [0.25, 0.3) is 5.91 Å². The summed E-state index contributed by atoms with van der Waals surface area (Å²) in [4.78, 5) is 27.6. The molecule has 1 amide bonds.